The van der Waals surface area contributed by atoms with Gasteiger partial charge < -0.3 is 24.1 Å². The van der Waals surface area contributed by atoms with Crippen molar-refractivity contribution in [1.82, 2.24) is 0 Å². The Hall–Kier alpha value is -2.65. The maximum absolute atomic E-state index is 12.9. The molecule has 1 N–H and O–H groups in total. The highest BCUT2D eigenvalue weighted by Crippen LogP contribution is 2.38. The number of allylic oxidation sites excluding steroid dienone is 2. The number of hydrogen-bond acceptors (Lipinski definition) is 9. The van der Waals surface area contributed by atoms with E-state index in [9.17, 15) is 24.3 Å². The van der Waals surface area contributed by atoms with E-state index in [4.69, 9.17) is 30.5 Å². The van der Waals surface area contributed by atoms with Crippen molar-refractivity contribution in [2.24, 2.45) is 5.92 Å². The quantitative estimate of drug-likeness (QED) is 0.205. The molecule has 0 radical (unpaired) electrons. The van der Waals surface area contributed by atoms with Crippen LogP contribution in [-0.4, -0.2) is 65.4 Å². The van der Waals surface area contributed by atoms with E-state index in [1.165, 1.54) is 13.0 Å². The minimum Gasteiger partial charge on any atom is -0.466 e. The molecule has 2 aliphatic rings. The molecule has 0 aromatic carbocycles. The molecule has 10 heteroatoms. The highest BCUT2D eigenvalue weighted by atomic mass is 35.5. The molecular formula is C23H29ClO9. The number of rotatable bonds is 5. The van der Waals surface area contributed by atoms with Crippen molar-refractivity contribution >= 4 is 35.5 Å². The van der Waals surface area contributed by atoms with Crippen LogP contribution in [0.15, 0.2) is 35.5 Å². The van der Waals surface area contributed by atoms with Crippen LogP contribution in [0.5, 0.6) is 0 Å². The van der Waals surface area contributed by atoms with Crippen molar-refractivity contribution in [2.45, 2.75) is 69.8 Å². The van der Waals surface area contributed by atoms with Crippen LogP contribution in [-0.2, 0) is 38.1 Å². The Labute approximate surface area is 197 Å². The molecular weight excluding hydrogens is 456 g/mol. The van der Waals surface area contributed by atoms with Crippen molar-refractivity contribution in [1.29, 1.82) is 0 Å². The largest absolute Gasteiger partial charge is 0.466 e. The fraction of sp³-hybridized carbons (Fsp3) is 0.565. The molecule has 33 heavy (non-hydrogen) atoms. The number of ether oxygens (including phenoxy) is 4. The number of carbonyl (C=O) groups is 4. The Kier molecular flexibility index (Phi) is 8.48. The van der Waals surface area contributed by atoms with Gasteiger partial charge in [-0.2, -0.15) is 0 Å². The third-order valence-electron chi connectivity index (χ3n) is 5.72. The van der Waals surface area contributed by atoms with Crippen LogP contribution in [0.25, 0.3) is 0 Å². The molecule has 0 aromatic heterocycles. The molecule has 6 atom stereocenters. The Morgan fingerprint density at radius 1 is 1.33 bits per heavy atom. The predicted molar refractivity (Wildman–Crippen MR) is 117 cm³/mol. The molecule has 1 fully saturated rings. The van der Waals surface area contributed by atoms with E-state index in [-0.39, 0.29) is 11.1 Å². The first-order valence-corrected chi connectivity index (χ1v) is 10.8. The zero-order valence-corrected chi connectivity index (χ0v) is 20.0. The van der Waals surface area contributed by atoms with Crippen LogP contribution < -0.4 is 0 Å². The van der Waals surface area contributed by atoms with Gasteiger partial charge in [-0.05, 0) is 39.7 Å². The maximum atomic E-state index is 12.9. The molecule has 0 spiro atoms. The van der Waals surface area contributed by atoms with Gasteiger partial charge >= 0.3 is 23.9 Å². The second kappa shape index (κ2) is 10.5. The average Bonchev–Trinajstić information content (AvgIpc) is 2.99. The van der Waals surface area contributed by atoms with Crippen molar-refractivity contribution < 1.29 is 43.2 Å². The van der Waals surface area contributed by atoms with Crippen molar-refractivity contribution in [3.63, 3.8) is 0 Å². The molecule has 0 unspecified atom stereocenters. The molecule has 2 rings (SSSR count). The van der Waals surface area contributed by atoms with Gasteiger partial charge in [-0.25, -0.2) is 14.4 Å². The Balaban J connectivity index is 2.72. The molecule has 1 heterocycles. The summed E-state index contributed by atoms with van der Waals surface area (Å²) in [5, 5.41) is 9.51. The fourth-order valence-electron chi connectivity index (χ4n) is 3.60. The number of halogens is 1. The first-order chi connectivity index (χ1) is 15.3. The molecule has 182 valence electrons. The molecule has 0 saturated carbocycles. The minimum absolute atomic E-state index is 0.0395. The van der Waals surface area contributed by atoms with Gasteiger partial charge in [0.05, 0.1) is 24.0 Å². The molecule has 0 aromatic rings. The number of fused-ring (bicyclic) bond motifs is 1. The van der Waals surface area contributed by atoms with E-state index < -0.39 is 59.1 Å². The van der Waals surface area contributed by atoms with Gasteiger partial charge in [0.2, 0.25) is 0 Å². The van der Waals surface area contributed by atoms with E-state index in [0.29, 0.717) is 12.8 Å². The third kappa shape index (κ3) is 5.83. The van der Waals surface area contributed by atoms with E-state index in [1.54, 1.807) is 6.08 Å². The highest BCUT2D eigenvalue weighted by molar-refractivity contribution is 6.22. The van der Waals surface area contributed by atoms with Gasteiger partial charge in [0.15, 0.2) is 17.8 Å². The smallest absolute Gasteiger partial charge is 0.339 e. The molecule has 9 nitrogen and oxygen atoms in total. The number of methoxy groups -OCH3 is 1. The van der Waals surface area contributed by atoms with Crippen molar-refractivity contribution in [3.05, 3.63) is 35.5 Å². The summed E-state index contributed by atoms with van der Waals surface area (Å²) < 4.78 is 21.4. The normalized spacial score (nSPS) is 31.4. The number of hydrogen-bond donors (Lipinski definition) is 1. The van der Waals surface area contributed by atoms with Crippen LogP contribution >= 0.6 is 11.6 Å². The van der Waals surface area contributed by atoms with Crippen LogP contribution in [0.3, 0.4) is 0 Å². The van der Waals surface area contributed by atoms with E-state index in [2.05, 4.69) is 6.58 Å². The Morgan fingerprint density at radius 3 is 2.52 bits per heavy atom. The average molecular weight is 485 g/mol. The fourth-order valence-corrected chi connectivity index (χ4v) is 3.69. The molecule has 1 saturated heterocycles. The zero-order chi connectivity index (χ0) is 25.1. The maximum Gasteiger partial charge on any atom is 0.339 e. The van der Waals surface area contributed by atoms with Crippen LogP contribution in [0, 0.1) is 5.92 Å². The summed E-state index contributed by atoms with van der Waals surface area (Å²) in [4.78, 5) is 50.0. The summed E-state index contributed by atoms with van der Waals surface area (Å²) in [5.74, 6) is -4.47. The van der Waals surface area contributed by atoms with Gasteiger partial charge in [-0.1, -0.05) is 18.2 Å². The standard InChI is InChI=1S/C23H29ClO9/c1-11-8-7-9-15(21(27)30-6)18(31-14(4)25)19(33-22(28)23(5,29)13(3)24)17-12(2)20(26)32-16(17)10-11/h9-10,13,16-19,29H,2,7-8H2,1,3-6H3/b11-10-,15-9+/t13-,16-,17+,18+,19+,23-/m1/s1. The lowest BCUT2D eigenvalue weighted by Gasteiger charge is -2.35. The number of carbonyl (C=O) groups excluding carboxylic acids is 4. The van der Waals surface area contributed by atoms with Gasteiger partial charge in [0.1, 0.15) is 6.10 Å². The topological polar surface area (TPSA) is 125 Å². The number of aliphatic hydroxyl groups is 1. The van der Waals surface area contributed by atoms with E-state index >= 15 is 0 Å². The molecule has 0 amide bonds. The summed E-state index contributed by atoms with van der Waals surface area (Å²) >= 11 is 5.96. The Morgan fingerprint density at radius 2 is 1.97 bits per heavy atom. The number of esters is 4. The van der Waals surface area contributed by atoms with Crippen LogP contribution in [0.4, 0.5) is 0 Å². The molecule has 0 bridgehead atoms. The van der Waals surface area contributed by atoms with Crippen LogP contribution in [0.2, 0.25) is 0 Å². The van der Waals surface area contributed by atoms with Gasteiger partial charge in [0, 0.05) is 12.5 Å². The zero-order valence-electron chi connectivity index (χ0n) is 19.3. The highest BCUT2D eigenvalue weighted by Gasteiger charge is 2.52. The minimum atomic E-state index is -2.13. The molecule has 1 aliphatic carbocycles. The second-order valence-electron chi connectivity index (χ2n) is 8.29. The van der Waals surface area contributed by atoms with Crippen LogP contribution in [0.1, 0.15) is 40.5 Å². The van der Waals surface area contributed by atoms with Crippen molar-refractivity contribution in [2.75, 3.05) is 7.11 Å². The Bertz CT molecular complexity index is 900. The summed E-state index contributed by atoms with van der Waals surface area (Å²) in [6, 6.07) is 0. The summed E-state index contributed by atoms with van der Waals surface area (Å²) in [6.45, 7) is 9.28. The van der Waals surface area contributed by atoms with Gasteiger partial charge in [0.25, 0.3) is 0 Å². The molecule has 1 aliphatic heterocycles. The summed E-state index contributed by atoms with van der Waals surface area (Å²) in [6.07, 6.45) is 0.283. The lowest BCUT2D eigenvalue weighted by Crippen LogP contribution is -2.51. The lowest BCUT2D eigenvalue weighted by molar-refractivity contribution is -0.183. The summed E-state index contributed by atoms with van der Waals surface area (Å²) in [5.41, 5.74) is -1.39. The summed E-state index contributed by atoms with van der Waals surface area (Å²) in [7, 11) is 1.16. The van der Waals surface area contributed by atoms with Crippen molar-refractivity contribution in [3.8, 4) is 0 Å². The number of alkyl halides is 1. The third-order valence-corrected chi connectivity index (χ3v) is 6.14. The van der Waals surface area contributed by atoms with E-state index in [0.717, 1.165) is 26.5 Å². The van der Waals surface area contributed by atoms with Gasteiger partial charge in [-0.3, -0.25) is 4.79 Å². The van der Waals surface area contributed by atoms with Gasteiger partial charge in [-0.15, -0.1) is 11.6 Å². The lowest BCUT2D eigenvalue weighted by atomic mass is 9.83. The first-order valence-electron chi connectivity index (χ1n) is 10.4. The monoisotopic (exact) mass is 484 g/mol. The first kappa shape index (κ1) is 26.6. The predicted octanol–water partition coefficient (Wildman–Crippen LogP) is 2.15. The van der Waals surface area contributed by atoms with E-state index in [1.807, 2.05) is 6.92 Å². The SMILES string of the molecule is C=C1C(=O)O[C@@H]2/C=C(/C)CC/C=C(/C(=O)OC)[C@H](OC(C)=O)[C@@H](OC(=O)[C@](C)(O)[C@@H](C)Cl)[C@@H]12. The second-order valence-corrected chi connectivity index (χ2v) is 8.94.